The molecule has 0 aliphatic rings. The molecule has 0 aromatic rings. The van der Waals surface area contributed by atoms with Gasteiger partial charge in [0.25, 0.3) is 0 Å². The van der Waals surface area contributed by atoms with Crippen LogP contribution in [0, 0.1) is 11.3 Å². The largest absolute Gasteiger partial charge is 0.224 e. The van der Waals surface area contributed by atoms with Gasteiger partial charge in [0.1, 0.15) is 6.04 Å². The summed E-state index contributed by atoms with van der Waals surface area (Å²) in [6, 6.07) is 0.922. The predicted octanol–water partition coefficient (Wildman–Crippen LogP) is 4.69. The maximum atomic E-state index is 12.3. The fourth-order valence-electron chi connectivity index (χ4n) is 1.38. The molecule has 0 amide bonds. The van der Waals surface area contributed by atoms with Crippen molar-refractivity contribution in [1.29, 1.82) is 5.26 Å². The smallest absolute Gasteiger partial charge is 0.211 e. The Balaban J connectivity index is 5.03. The Morgan fingerprint density at radius 3 is 2.29 bits per heavy atom. The second kappa shape index (κ2) is 9.92. The highest BCUT2D eigenvalue weighted by molar-refractivity contribution is 8.11. The fourth-order valence-corrected chi connectivity index (χ4v) is 5.15. The summed E-state index contributed by atoms with van der Waals surface area (Å²) in [6.45, 7) is 3.47. The van der Waals surface area contributed by atoms with Crippen LogP contribution in [-0.4, -0.2) is 32.4 Å². The minimum Gasteiger partial charge on any atom is -0.211 e. The minimum absolute atomic E-state index is 0.0783. The fraction of sp³-hybridized carbons (Fsp3) is 0.909. The maximum absolute atomic E-state index is 12.3. The third kappa shape index (κ3) is 7.83. The van der Waals surface area contributed by atoms with Gasteiger partial charge in [0.2, 0.25) is 13.7 Å². The molecule has 0 spiro atoms. The Morgan fingerprint density at radius 2 is 1.86 bits per heavy atom. The normalized spacial score (nSPS) is 14.4. The summed E-state index contributed by atoms with van der Waals surface area (Å²) in [5, 5.41) is 8.99. The van der Waals surface area contributed by atoms with Crippen molar-refractivity contribution in [3.05, 3.63) is 0 Å². The van der Waals surface area contributed by atoms with Crippen LogP contribution >= 0.6 is 58.4 Å². The summed E-state index contributed by atoms with van der Waals surface area (Å²) in [5.41, 5.74) is 0. The highest BCUT2D eigenvalue weighted by atomic mass is 35.5. The minimum atomic E-state index is -3.69. The zero-order valence-electron chi connectivity index (χ0n) is 11.7. The van der Waals surface area contributed by atoms with Crippen molar-refractivity contribution in [3.63, 3.8) is 0 Å². The molecule has 0 aromatic heterocycles. The van der Waals surface area contributed by atoms with Crippen LogP contribution in [-0.2, 0) is 10.0 Å². The third-order valence-electron chi connectivity index (χ3n) is 2.50. The van der Waals surface area contributed by atoms with Gasteiger partial charge in [-0.05, 0) is 25.3 Å². The van der Waals surface area contributed by atoms with E-state index in [0.717, 1.165) is 23.0 Å². The molecule has 0 heterocycles. The Morgan fingerprint density at radius 1 is 1.29 bits per heavy atom. The lowest BCUT2D eigenvalue weighted by atomic mass is 10.2. The standard InChI is InChI=1S/C11H18Cl4N2O2S2/c1-3-4-5-6-7-21(18,19)17(9(2)8-16)20-11(14,15)10(12)13/h9-10H,3-7H2,1-2H3. The summed E-state index contributed by atoms with van der Waals surface area (Å²) in [7, 11) is -3.69. The molecule has 1 atom stereocenters. The van der Waals surface area contributed by atoms with E-state index in [0.29, 0.717) is 18.4 Å². The summed E-state index contributed by atoms with van der Waals surface area (Å²) in [4.78, 5) is -1.21. The van der Waals surface area contributed by atoms with E-state index in [1.165, 1.54) is 6.92 Å². The van der Waals surface area contributed by atoms with Crippen molar-refractivity contribution in [2.24, 2.45) is 0 Å². The van der Waals surface area contributed by atoms with Gasteiger partial charge < -0.3 is 0 Å². The number of halogens is 4. The predicted molar refractivity (Wildman–Crippen MR) is 92.4 cm³/mol. The van der Waals surface area contributed by atoms with Crippen LogP contribution in [0.2, 0.25) is 0 Å². The van der Waals surface area contributed by atoms with Crippen LogP contribution in [0.25, 0.3) is 0 Å². The van der Waals surface area contributed by atoms with E-state index >= 15 is 0 Å². The lowest BCUT2D eigenvalue weighted by molar-refractivity contribution is 0.520. The quantitative estimate of drug-likeness (QED) is 0.295. The summed E-state index contributed by atoms with van der Waals surface area (Å²) in [5.74, 6) is -0.0783. The van der Waals surface area contributed by atoms with Gasteiger partial charge >= 0.3 is 0 Å². The van der Waals surface area contributed by atoms with Crippen molar-refractivity contribution in [2.45, 2.75) is 54.1 Å². The van der Waals surface area contributed by atoms with Crippen LogP contribution in [0.15, 0.2) is 0 Å². The molecule has 0 radical (unpaired) electrons. The van der Waals surface area contributed by atoms with Crippen LogP contribution < -0.4 is 0 Å². The SMILES string of the molecule is CCCCCCS(=O)(=O)N(SC(Cl)(Cl)C(Cl)Cl)C(C)C#N. The summed E-state index contributed by atoms with van der Waals surface area (Å²) < 4.78 is 23.8. The molecule has 0 aliphatic carbocycles. The molecule has 10 heteroatoms. The Bertz CT molecular complexity index is 452. The Hall–Kier alpha value is 0.910. The average molecular weight is 416 g/mol. The molecule has 0 N–H and O–H groups in total. The molecule has 0 saturated heterocycles. The number of sulfonamides is 1. The van der Waals surface area contributed by atoms with Crippen molar-refractivity contribution in [2.75, 3.05) is 5.75 Å². The number of nitrogens with zero attached hydrogens (tertiary/aromatic N) is 2. The highest BCUT2D eigenvalue weighted by Gasteiger charge is 2.41. The molecule has 124 valence electrons. The van der Waals surface area contributed by atoms with E-state index in [1.807, 2.05) is 13.0 Å². The monoisotopic (exact) mass is 414 g/mol. The topological polar surface area (TPSA) is 61.2 Å². The number of rotatable bonds is 10. The first-order chi connectivity index (χ1) is 9.58. The number of alkyl halides is 4. The van der Waals surface area contributed by atoms with Crippen LogP contribution in [0.5, 0.6) is 0 Å². The van der Waals surface area contributed by atoms with Crippen LogP contribution in [0.3, 0.4) is 0 Å². The maximum Gasteiger partial charge on any atom is 0.224 e. The zero-order valence-corrected chi connectivity index (χ0v) is 16.4. The molecule has 0 aliphatic heterocycles. The number of hydrogen-bond donors (Lipinski definition) is 0. The van der Waals surface area contributed by atoms with Gasteiger partial charge in [-0.25, -0.2) is 8.42 Å². The number of nitriles is 1. The van der Waals surface area contributed by atoms with E-state index in [4.69, 9.17) is 51.7 Å². The first kappa shape index (κ1) is 21.9. The lowest BCUT2D eigenvalue weighted by Gasteiger charge is -2.29. The third-order valence-corrected chi connectivity index (χ3v) is 8.26. The molecule has 0 bridgehead atoms. The van der Waals surface area contributed by atoms with E-state index in [-0.39, 0.29) is 5.75 Å². The van der Waals surface area contributed by atoms with Crippen LogP contribution in [0.1, 0.15) is 39.5 Å². The van der Waals surface area contributed by atoms with Gasteiger partial charge in [-0.2, -0.15) is 5.26 Å². The first-order valence-corrected chi connectivity index (χ1v) is 10.4. The second-order valence-electron chi connectivity index (χ2n) is 4.39. The summed E-state index contributed by atoms with van der Waals surface area (Å²) >= 11 is 23.6. The second-order valence-corrected chi connectivity index (χ2v) is 10.7. The lowest BCUT2D eigenvalue weighted by Crippen LogP contribution is -2.38. The van der Waals surface area contributed by atoms with Crippen molar-refractivity contribution in [1.82, 2.24) is 3.71 Å². The number of unbranched alkanes of at least 4 members (excludes halogenated alkanes) is 3. The van der Waals surface area contributed by atoms with Gasteiger partial charge in [-0.3, -0.25) is 0 Å². The molecular weight excluding hydrogens is 398 g/mol. The molecule has 0 fully saturated rings. The molecule has 1 unspecified atom stereocenters. The molecule has 0 saturated carbocycles. The summed E-state index contributed by atoms with van der Waals surface area (Å²) in [6.07, 6.45) is 3.26. The van der Waals surface area contributed by atoms with Crippen molar-refractivity contribution >= 4 is 68.4 Å². The van der Waals surface area contributed by atoms with E-state index in [2.05, 4.69) is 0 Å². The van der Waals surface area contributed by atoms with E-state index < -0.39 is 24.6 Å². The Labute approximate surface area is 151 Å². The highest BCUT2D eigenvalue weighted by Crippen LogP contribution is 2.46. The van der Waals surface area contributed by atoms with Gasteiger partial charge in [0, 0.05) is 0 Å². The molecule has 4 nitrogen and oxygen atoms in total. The number of hydrogen-bond acceptors (Lipinski definition) is 4. The first-order valence-electron chi connectivity index (χ1n) is 6.35. The van der Waals surface area contributed by atoms with Crippen molar-refractivity contribution in [3.8, 4) is 6.07 Å². The van der Waals surface area contributed by atoms with E-state index in [9.17, 15) is 8.42 Å². The van der Waals surface area contributed by atoms with Gasteiger partial charge in [-0.15, -0.1) is 26.9 Å². The van der Waals surface area contributed by atoms with Gasteiger partial charge in [0.05, 0.1) is 11.8 Å². The van der Waals surface area contributed by atoms with E-state index in [1.54, 1.807) is 0 Å². The Kier molecular flexibility index (Phi) is 10.3. The molecular formula is C11H18Cl4N2O2S2. The molecule has 0 aromatic carbocycles. The molecule has 21 heavy (non-hydrogen) atoms. The van der Waals surface area contributed by atoms with Crippen molar-refractivity contribution < 1.29 is 8.42 Å². The van der Waals surface area contributed by atoms with Crippen LogP contribution in [0.4, 0.5) is 0 Å². The zero-order chi connectivity index (χ0) is 16.7. The van der Waals surface area contributed by atoms with Gasteiger partial charge in [-0.1, -0.05) is 49.4 Å². The van der Waals surface area contributed by atoms with Gasteiger partial charge in [0.15, 0.2) is 4.84 Å². The molecule has 0 rings (SSSR count). The average Bonchev–Trinajstić information content (AvgIpc) is 2.40.